The second-order valence-electron chi connectivity index (χ2n) is 7.00. The number of aliphatic hydroxyl groups excluding tert-OH is 1. The van der Waals surface area contributed by atoms with E-state index in [0.717, 1.165) is 15.6 Å². The number of nitrogens with zero attached hydrogens (tertiary/aromatic N) is 3. The number of carbonyl (C=O) groups is 1. The van der Waals surface area contributed by atoms with Crippen molar-refractivity contribution < 1.29 is 18.3 Å². The molecule has 9 nitrogen and oxygen atoms in total. The van der Waals surface area contributed by atoms with Crippen LogP contribution in [0, 0.1) is 6.92 Å². The number of aliphatic hydroxyl groups is 1. The Kier molecular flexibility index (Phi) is 5.57. The molecule has 0 radical (unpaired) electrons. The van der Waals surface area contributed by atoms with Crippen LogP contribution in [0.25, 0.3) is 0 Å². The largest absolute Gasteiger partial charge is 0.394 e. The van der Waals surface area contributed by atoms with Crippen molar-refractivity contribution in [3.8, 4) is 0 Å². The third-order valence-electron chi connectivity index (χ3n) is 4.41. The van der Waals surface area contributed by atoms with Gasteiger partial charge in [0.15, 0.2) is 0 Å². The zero-order chi connectivity index (χ0) is 19.0. The molecule has 1 saturated heterocycles. The van der Waals surface area contributed by atoms with E-state index < -0.39 is 33.7 Å². The second kappa shape index (κ2) is 7.02. The van der Waals surface area contributed by atoms with E-state index in [0.29, 0.717) is 6.54 Å². The maximum absolute atomic E-state index is 12.6. The van der Waals surface area contributed by atoms with E-state index in [1.807, 2.05) is 13.8 Å². The van der Waals surface area contributed by atoms with Gasteiger partial charge >= 0.3 is 0 Å². The molecule has 2 rings (SSSR count). The minimum absolute atomic E-state index is 0.244. The Morgan fingerprint density at radius 1 is 1.52 bits per heavy atom. The second-order valence-corrected chi connectivity index (χ2v) is 8.76. The first-order valence-corrected chi connectivity index (χ1v) is 9.67. The van der Waals surface area contributed by atoms with Crippen LogP contribution in [0.2, 0.25) is 0 Å². The van der Waals surface area contributed by atoms with Crippen molar-refractivity contribution in [3.05, 3.63) is 17.5 Å². The summed E-state index contributed by atoms with van der Waals surface area (Å²) in [6.45, 7) is 7.54. The zero-order valence-corrected chi connectivity index (χ0v) is 16.1. The fourth-order valence-electron chi connectivity index (χ4n) is 2.81. The normalized spacial score (nSPS) is 24.2. The van der Waals surface area contributed by atoms with Crippen molar-refractivity contribution in [3.63, 3.8) is 0 Å². The van der Waals surface area contributed by atoms with E-state index >= 15 is 0 Å². The Bertz CT molecular complexity index is 743. The SMILES string of the molecule is CCn1cc([C@@H]2C[C@H](C(=O)NC(C)(C)CO)N(C)S(=O)(=O)N2)c(C)n1. The molecule has 1 aromatic heterocycles. The van der Waals surface area contributed by atoms with Gasteiger partial charge in [-0.3, -0.25) is 9.48 Å². The molecule has 1 aliphatic heterocycles. The standard InChI is InChI=1S/C15H27N5O4S/c1-6-20-8-11(10(2)17-20)12-7-13(19(5)25(23,24)18-12)14(22)16-15(3,4)9-21/h8,12-13,18,21H,6-7,9H2,1-5H3,(H,16,22)/t12-,13+/m0/s1. The lowest BCUT2D eigenvalue weighted by atomic mass is 9.99. The predicted octanol–water partition coefficient (Wildman–Crippen LogP) is -0.322. The first kappa shape index (κ1) is 19.8. The molecule has 0 aromatic carbocycles. The van der Waals surface area contributed by atoms with Crippen LogP contribution in [0.15, 0.2) is 6.20 Å². The molecule has 1 fully saturated rings. The van der Waals surface area contributed by atoms with Gasteiger partial charge in [0.05, 0.1) is 23.9 Å². The van der Waals surface area contributed by atoms with Crippen molar-refractivity contribution >= 4 is 16.1 Å². The number of nitrogens with one attached hydrogen (secondary N) is 2. The number of amides is 1. The molecule has 10 heteroatoms. The summed E-state index contributed by atoms with van der Waals surface area (Å²) in [7, 11) is -2.43. The van der Waals surface area contributed by atoms with Gasteiger partial charge in [0.1, 0.15) is 6.04 Å². The van der Waals surface area contributed by atoms with Gasteiger partial charge in [0.25, 0.3) is 10.2 Å². The maximum Gasteiger partial charge on any atom is 0.280 e. The van der Waals surface area contributed by atoms with Gasteiger partial charge in [-0.05, 0) is 34.1 Å². The van der Waals surface area contributed by atoms with Crippen LogP contribution < -0.4 is 10.0 Å². The molecule has 1 aromatic rings. The molecule has 0 unspecified atom stereocenters. The smallest absolute Gasteiger partial charge is 0.280 e. The van der Waals surface area contributed by atoms with Crippen LogP contribution in [0.1, 0.15) is 44.5 Å². The molecule has 3 N–H and O–H groups in total. The number of aromatic nitrogens is 2. The topological polar surface area (TPSA) is 117 Å². The van der Waals surface area contributed by atoms with Crippen molar-refractivity contribution in [1.29, 1.82) is 0 Å². The Balaban J connectivity index is 2.31. The van der Waals surface area contributed by atoms with E-state index in [2.05, 4.69) is 15.1 Å². The summed E-state index contributed by atoms with van der Waals surface area (Å²) in [5.41, 5.74) is 0.664. The molecule has 1 amide bonds. The average Bonchev–Trinajstić information content (AvgIpc) is 2.90. The lowest BCUT2D eigenvalue weighted by Gasteiger charge is -2.37. The van der Waals surface area contributed by atoms with Gasteiger partial charge in [-0.1, -0.05) is 0 Å². The number of aryl methyl sites for hydroxylation is 2. The number of rotatable bonds is 5. The summed E-state index contributed by atoms with van der Waals surface area (Å²) in [6.07, 6.45) is 2.08. The van der Waals surface area contributed by atoms with Crippen LogP contribution in [0.5, 0.6) is 0 Å². The van der Waals surface area contributed by atoms with Gasteiger partial charge in [-0.25, -0.2) is 0 Å². The molecule has 0 bridgehead atoms. The maximum atomic E-state index is 12.6. The van der Waals surface area contributed by atoms with Crippen LogP contribution in [-0.4, -0.2) is 58.8 Å². The van der Waals surface area contributed by atoms with E-state index in [1.54, 1.807) is 24.7 Å². The number of carbonyl (C=O) groups excluding carboxylic acids is 1. The molecule has 2 heterocycles. The first-order chi connectivity index (χ1) is 11.5. The Morgan fingerprint density at radius 2 is 2.16 bits per heavy atom. The van der Waals surface area contributed by atoms with Crippen molar-refractivity contribution in [2.75, 3.05) is 13.7 Å². The van der Waals surface area contributed by atoms with E-state index in [-0.39, 0.29) is 13.0 Å². The molecule has 0 aliphatic carbocycles. The van der Waals surface area contributed by atoms with E-state index in [1.165, 1.54) is 7.05 Å². The highest BCUT2D eigenvalue weighted by atomic mass is 32.2. The fraction of sp³-hybridized carbons (Fsp3) is 0.733. The highest BCUT2D eigenvalue weighted by molar-refractivity contribution is 7.87. The Morgan fingerprint density at radius 3 is 2.68 bits per heavy atom. The van der Waals surface area contributed by atoms with Gasteiger partial charge in [-0.15, -0.1) is 0 Å². The summed E-state index contributed by atoms with van der Waals surface area (Å²) >= 11 is 0. The molecule has 142 valence electrons. The van der Waals surface area contributed by atoms with Crippen LogP contribution in [0.4, 0.5) is 0 Å². The van der Waals surface area contributed by atoms with E-state index in [9.17, 15) is 18.3 Å². The summed E-state index contributed by atoms with van der Waals surface area (Å²) in [5.74, 6) is -0.433. The highest BCUT2D eigenvalue weighted by Gasteiger charge is 2.42. The highest BCUT2D eigenvalue weighted by Crippen LogP contribution is 2.29. The van der Waals surface area contributed by atoms with Gasteiger partial charge in [0.2, 0.25) is 5.91 Å². The lowest BCUT2D eigenvalue weighted by Crippen LogP contribution is -2.60. The molecule has 0 saturated carbocycles. The third kappa shape index (κ3) is 4.20. The lowest BCUT2D eigenvalue weighted by molar-refractivity contribution is -0.127. The number of hydrogen-bond acceptors (Lipinski definition) is 5. The molecular formula is C15H27N5O4S. The summed E-state index contributed by atoms with van der Waals surface area (Å²) in [4.78, 5) is 12.6. The molecule has 0 spiro atoms. The van der Waals surface area contributed by atoms with Gasteiger partial charge < -0.3 is 10.4 Å². The minimum Gasteiger partial charge on any atom is -0.394 e. The fourth-order valence-corrected chi connectivity index (χ4v) is 4.07. The monoisotopic (exact) mass is 373 g/mol. The van der Waals surface area contributed by atoms with Gasteiger partial charge in [0, 0.05) is 25.4 Å². The third-order valence-corrected chi connectivity index (χ3v) is 6.01. The summed E-state index contributed by atoms with van der Waals surface area (Å²) in [6, 6.07) is -1.40. The first-order valence-electron chi connectivity index (χ1n) is 8.23. The molecule has 25 heavy (non-hydrogen) atoms. The van der Waals surface area contributed by atoms with Crippen molar-refractivity contribution in [2.45, 2.75) is 58.3 Å². The number of hydrogen-bond donors (Lipinski definition) is 3. The quantitative estimate of drug-likeness (QED) is 0.654. The minimum atomic E-state index is -3.81. The molecule has 2 atom stereocenters. The van der Waals surface area contributed by atoms with Crippen LogP contribution in [0.3, 0.4) is 0 Å². The van der Waals surface area contributed by atoms with Crippen molar-refractivity contribution in [1.82, 2.24) is 24.1 Å². The van der Waals surface area contributed by atoms with Crippen LogP contribution in [-0.2, 0) is 21.5 Å². The summed E-state index contributed by atoms with van der Waals surface area (Å²) in [5, 5.41) is 16.4. The molecular weight excluding hydrogens is 346 g/mol. The predicted molar refractivity (Wildman–Crippen MR) is 92.9 cm³/mol. The average molecular weight is 373 g/mol. The Hall–Kier alpha value is -1.49. The zero-order valence-electron chi connectivity index (χ0n) is 15.3. The van der Waals surface area contributed by atoms with Crippen LogP contribution >= 0.6 is 0 Å². The van der Waals surface area contributed by atoms with Crippen molar-refractivity contribution in [2.24, 2.45) is 0 Å². The van der Waals surface area contributed by atoms with E-state index in [4.69, 9.17) is 0 Å². The Labute approximate surface area is 148 Å². The number of likely N-dealkylation sites (N-methyl/N-ethyl adjacent to an activating group) is 1. The molecule has 1 aliphatic rings. The van der Waals surface area contributed by atoms with Gasteiger partial charge in [-0.2, -0.15) is 22.5 Å². The summed E-state index contributed by atoms with van der Waals surface area (Å²) < 4.78 is 30.3.